The van der Waals surface area contributed by atoms with Crippen molar-refractivity contribution < 1.29 is 4.74 Å². The highest BCUT2D eigenvalue weighted by atomic mass is 16.5. The number of aryl methyl sites for hydroxylation is 2. The molecule has 2 rings (SSSR count). The minimum absolute atomic E-state index is 0.424. The Labute approximate surface area is 114 Å². The fourth-order valence-electron chi connectivity index (χ4n) is 1.83. The summed E-state index contributed by atoms with van der Waals surface area (Å²) in [5.74, 6) is 1.62. The van der Waals surface area contributed by atoms with Gasteiger partial charge in [0.1, 0.15) is 11.5 Å². The van der Waals surface area contributed by atoms with Crippen LogP contribution < -0.4 is 10.1 Å². The number of benzene rings is 1. The number of pyridine rings is 1. The van der Waals surface area contributed by atoms with E-state index < -0.39 is 0 Å². The van der Waals surface area contributed by atoms with Crippen molar-refractivity contribution in [3.8, 4) is 11.5 Å². The first-order valence-corrected chi connectivity index (χ1v) is 6.52. The Bertz CT molecular complexity index is 547. The van der Waals surface area contributed by atoms with Gasteiger partial charge in [0.2, 0.25) is 0 Å². The Morgan fingerprint density at radius 3 is 2.47 bits per heavy atom. The summed E-state index contributed by atoms with van der Waals surface area (Å²) in [7, 11) is 0. The predicted molar refractivity (Wildman–Crippen MR) is 79.0 cm³/mol. The van der Waals surface area contributed by atoms with Crippen LogP contribution in [0.2, 0.25) is 0 Å². The van der Waals surface area contributed by atoms with Crippen LogP contribution in [0.15, 0.2) is 36.5 Å². The van der Waals surface area contributed by atoms with Gasteiger partial charge >= 0.3 is 0 Å². The van der Waals surface area contributed by atoms with Crippen LogP contribution in [0.4, 0.5) is 5.69 Å². The largest absolute Gasteiger partial charge is 0.455 e. The quantitative estimate of drug-likeness (QED) is 0.885. The second-order valence-corrected chi connectivity index (χ2v) is 5.02. The Morgan fingerprint density at radius 2 is 1.89 bits per heavy atom. The maximum absolute atomic E-state index is 5.83. The summed E-state index contributed by atoms with van der Waals surface area (Å²) >= 11 is 0. The lowest BCUT2D eigenvalue weighted by atomic mass is 10.2. The van der Waals surface area contributed by atoms with Crippen LogP contribution in [0.5, 0.6) is 11.5 Å². The summed E-state index contributed by atoms with van der Waals surface area (Å²) in [6, 6.07) is 10.4. The molecule has 0 saturated carbocycles. The molecule has 19 heavy (non-hydrogen) atoms. The molecule has 100 valence electrons. The highest BCUT2D eigenvalue weighted by molar-refractivity contribution is 5.52. The van der Waals surface area contributed by atoms with Crippen molar-refractivity contribution >= 4 is 5.69 Å². The Hall–Kier alpha value is -2.03. The van der Waals surface area contributed by atoms with Gasteiger partial charge in [0.15, 0.2) is 0 Å². The van der Waals surface area contributed by atoms with E-state index in [1.807, 2.05) is 38.1 Å². The van der Waals surface area contributed by atoms with Gasteiger partial charge in [-0.25, -0.2) is 0 Å². The third-order valence-electron chi connectivity index (χ3n) is 2.74. The SMILES string of the molecule is Cc1ccc(Oc2ccc(NC(C)C)cc2C)cn1. The molecule has 0 saturated heterocycles. The molecule has 0 aliphatic heterocycles. The predicted octanol–water partition coefficient (Wildman–Crippen LogP) is 4.31. The van der Waals surface area contributed by atoms with Gasteiger partial charge < -0.3 is 10.1 Å². The van der Waals surface area contributed by atoms with E-state index in [0.29, 0.717) is 6.04 Å². The molecule has 2 aromatic rings. The molecular weight excluding hydrogens is 236 g/mol. The first-order chi connectivity index (χ1) is 9.04. The lowest BCUT2D eigenvalue weighted by Crippen LogP contribution is -2.09. The molecule has 0 aliphatic carbocycles. The number of nitrogens with zero attached hydrogens (tertiary/aromatic N) is 1. The number of nitrogens with one attached hydrogen (secondary N) is 1. The molecule has 1 heterocycles. The van der Waals surface area contributed by atoms with Crippen molar-refractivity contribution in [1.29, 1.82) is 0 Å². The summed E-state index contributed by atoms with van der Waals surface area (Å²) in [5, 5.41) is 3.38. The van der Waals surface area contributed by atoms with E-state index >= 15 is 0 Å². The van der Waals surface area contributed by atoms with Crippen molar-refractivity contribution in [3.63, 3.8) is 0 Å². The molecule has 1 aromatic carbocycles. The number of hydrogen-bond donors (Lipinski definition) is 1. The molecule has 0 spiro atoms. The zero-order valence-electron chi connectivity index (χ0n) is 11.9. The fourth-order valence-corrected chi connectivity index (χ4v) is 1.83. The van der Waals surface area contributed by atoms with E-state index in [0.717, 1.165) is 28.4 Å². The fraction of sp³-hybridized carbons (Fsp3) is 0.312. The van der Waals surface area contributed by atoms with Crippen LogP contribution >= 0.6 is 0 Å². The summed E-state index contributed by atoms with van der Waals surface area (Å²) in [6.45, 7) is 8.25. The molecule has 0 fully saturated rings. The molecule has 3 nitrogen and oxygen atoms in total. The van der Waals surface area contributed by atoms with Gasteiger partial charge in [0.05, 0.1) is 6.20 Å². The molecule has 0 radical (unpaired) electrons. The van der Waals surface area contributed by atoms with Gasteiger partial charge in [0.25, 0.3) is 0 Å². The standard InChI is InChI=1S/C16H20N2O/c1-11(2)18-14-6-8-16(12(3)9-14)19-15-7-5-13(4)17-10-15/h5-11,18H,1-4H3. The molecule has 0 bridgehead atoms. The Balaban J connectivity index is 2.15. The van der Waals surface area contributed by atoms with E-state index in [-0.39, 0.29) is 0 Å². The van der Waals surface area contributed by atoms with Crippen molar-refractivity contribution in [2.45, 2.75) is 33.7 Å². The van der Waals surface area contributed by atoms with Crippen molar-refractivity contribution in [1.82, 2.24) is 4.98 Å². The van der Waals surface area contributed by atoms with Gasteiger partial charge in [-0.15, -0.1) is 0 Å². The lowest BCUT2D eigenvalue weighted by Gasteiger charge is -2.13. The number of rotatable bonds is 4. The first kappa shape index (κ1) is 13.4. The van der Waals surface area contributed by atoms with Crippen molar-refractivity contribution in [2.24, 2.45) is 0 Å². The monoisotopic (exact) mass is 256 g/mol. The van der Waals surface area contributed by atoms with Gasteiger partial charge in [-0.3, -0.25) is 4.98 Å². The van der Waals surface area contributed by atoms with Crippen molar-refractivity contribution in [3.05, 3.63) is 47.8 Å². The number of aromatic nitrogens is 1. The first-order valence-electron chi connectivity index (χ1n) is 6.52. The normalized spacial score (nSPS) is 10.6. The summed E-state index contributed by atoms with van der Waals surface area (Å²) < 4.78 is 5.83. The van der Waals surface area contributed by atoms with Gasteiger partial charge in [-0.05, 0) is 63.6 Å². The summed E-state index contributed by atoms with van der Waals surface area (Å²) in [5.41, 5.74) is 3.20. The maximum Gasteiger partial charge on any atom is 0.145 e. The molecule has 1 aromatic heterocycles. The summed E-state index contributed by atoms with van der Waals surface area (Å²) in [6.07, 6.45) is 1.75. The second-order valence-electron chi connectivity index (χ2n) is 5.02. The van der Waals surface area contributed by atoms with Crippen molar-refractivity contribution in [2.75, 3.05) is 5.32 Å². The molecule has 0 amide bonds. The van der Waals surface area contributed by atoms with Crippen LogP contribution in [0.25, 0.3) is 0 Å². The highest BCUT2D eigenvalue weighted by Gasteiger charge is 2.04. The summed E-state index contributed by atoms with van der Waals surface area (Å²) in [4.78, 5) is 4.22. The average Bonchev–Trinajstić information content (AvgIpc) is 2.34. The van der Waals surface area contributed by atoms with E-state index in [1.54, 1.807) is 6.20 Å². The number of hydrogen-bond acceptors (Lipinski definition) is 3. The maximum atomic E-state index is 5.83. The van der Waals surface area contributed by atoms with Gasteiger partial charge in [-0.2, -0.15) is 0 Å². The molecule has 3 heteroatoms. The molecule has 0 unspecified atom stereocenters. The zero-order chi connectivity index (χ0) is 13.8. The molecule has 0 aliphatic rings. The van der Waals surface area contributed by atoms with E-state index in [9.17, 15) is 0 Å². The third kappa shape index (κ3) is 3.71. The minimum atomic E-state index is 0.424. The Morgan fingerprint density at radius 1 is 1.11 bits per heavy atom. The van der Waals surface area contributed by atoms with E-state index in [1.165, 1.54) is 0 Å². The molecular formula is C16H20N2O. The second kappa shape index (κ2) is 5.74. The Kier molecular flexibility index (Phi) is 4.05. The van der Waals surface area contributed by atoms with Crippen LogP contribution in [-0.2, 0) is 0 Å². The highest BCUT2D eigenvalue weighted by Crippen LogP contribution is 2.27. The zero-order valence-corrected chi connectivity index (χ0v) is 11.9. The lowest BCUT2D eigenvalue weighted by molar-refractivity contribution is 0.476. The minimum Gasteiger partial charge on any atom is -0.455 e. The van der Waals surface area contributed by atoms with Crippen LogP contribution in [0.1, 0.15) is 25.1 Å². The number of ether oxygens (including phenoxy) is 1. The van der Waals surface area contributed by atoms with Crippen LogP contribution in [-0.4, -0.2) is 11.0 Å². The molecule has 1 N–H and O–H groups in total. The smallest absolute Gasteiger partial charge is 0.145 e. The van der Waals surface area contributed by atoms with Crippen LogP contribution in [0.3, 0.4) is 0 Å². The van der Waals surface area contributed by atoms with Gasteiger partial charge in [-0.1, -0.05) is 0 Å². The topological polar surface area (TPSA) is 34.1 Å². The van der Waals surface area contributed by atoms with Crippen LogP contribution in [0, 0.1) is 13.8 Å². The van der Waals surface area contributed by atoms with Gasteiger partial charge in [0, 0.05) is 17.4 Å². The van der Waals surface area contributed by atoms with E-state index in [4.69, 9.17) is 4.74 Å². The average molecular weight is 256 g/mol. The number of anilines is 1. The molecule has 0 atom stereocenters. The third-order valence-corrected chi connectivity index (χ3v) is 2.74. The van der Waals surface area contributed by atoms with E-state index in [2.05, 4.69) is 30.2 Å².